The lowest BCUT2D eigenvalue weighted by Crippen LogP contribution is -2.40. The van der Waals surface area contributed by atoms with Crippen LogP contribution in [0.1, 0.15) is 37.7 Å². The number of hydrogen-bond donors (Lipinski definition) is 2. The number of carbonyl (C=O) groups excluding carboxylic acids is 1. The Kier molecular flexibility index (Phi) is 4.44. The van der Waals surface area contributed by atoms with Crippen molar-refractivity contribution in [2.45, 2.75) is 38.1 Å². The van der Waals surface area contributed by atoms with Crippen molar-refractivity contribution < 1.29 is 9.53 Å². The Balaban J connectivity index is 1.53. The highest BCUT2D eigenvalue weighted by Gasteiger charge is 2.26. The van der Waals surface area contributed by atoms with Crippen LogP contribution >= 0.6 is 0 Å². The van der Waals surface area contributed by atoms with E-state index in [1.54, 1.807) is 0 Å². The molecular formula is C17H24N2O2. The Bertz CT molecular complexity index is 497. The molecule has 1 amide bonds. The first kappa shape index (κ1) is 14.4. The summed E-state index contributed by atoms with van der Waals surface area (Å²) in [6.07, 6.45) is 2.67. The predicted molar refractivity (Wildman–Crippen MR) is 83.4 cm³/mol. The minimum atomic E-state index is 0.164. The van der Waals surface area contributed by atoms with E-state index in [9.17, 15) is 4.79 Å². The predicted octanol–water partition coefficient (Wildman–Crippen LogP) is 2.52. The Hall–Kier alpha value is -1.55. The van der Waals surface area contributed by atoms with Crippen molar-refractivity contribution in [3.63, 3.8) is 0 Å². The fourth-order valence-electron chi connectivity index (χ4n) is 3.41. The lowest BCUT2D eigenvalue weighted by Gasteiger charge is -2.28. The zero-order valence-electron chi connectivity index (χ0n) is 12.6. The molecule has 2 unspecified atom stereocenters. The highest BCUT2D eigenvalue weighted by molar-refractivity contribution is 5.78. The van der Waals surface area contributed by atoms with Gasteiger partial charge in [0.25, 0.3) is 0 Å². The minimum absolute atomic E-state index is 0.164. The molecule has 3 rings (SSSR count). The third-order valence-electron chi connectivity index (χ3n) is 4.73. The van der Waals surface area contributed by atoms with Crippen LogP contribution in [0.4, 0.5) is 5.69 Å². The summed E-state index contributed by atoms with van der Waals surface area (Å²) in [6, 6.07) is 8.52. The van der Waals surface area contributed by atoms with Gasteiger partial charge in [0.2, 0.25) is 5.91 Å². The molecule has 1 saturated heterocycles. The summed E-state index contributed by atoms with van der Waals surface area (Å²) in [5, 5.41) is 6.56. The first-order valence-corrected chi connectivity index (χ1v) is 7.94. The van der Waals surface area contributed by atoms with Crippen LogP contribution < -0.4 is 10.6 Å². The maximum absolute atomic E-state index is 12.3. The van der Waals surface area contributed by atoms with E-state index >= 15 is 0 Å². The smallest absolute Gasteiger partial charge is 0.220 e. The number of hydrogen-bond acceptors (Lipinski definition) is 3. The Morgan fingerprint density at radius 2 is 2.14 bits per heavy atom. The van der Waals surface area contributed by atoms with Gasteiger partial charge in [0.1, 0.15) is 0 Å². The Morgan fingerprint density at radius 1 is 1.38 bits per heavy atom. The average Bonchev–Trinajstić information content (AvgIpc) is 2.91. The summed E-state index contributed by atoms with van der Waals surface area (Å²) < 4.78 is 5.38. The first-order valence-electron chi connectivity index (χ1n) is 7.94. The third-order valence-corrected chi connectivity index (χ3v) is 4.73. The summed E-state index contributed by atoms with van der Waals surface area (Å²) in [4.78, 5) is 12.3. The number of fused-ring (bicyclic) bond motifs is 1. The molecule has 1 fully saturated rings. The largest absolute Gasteiger partial charge is 0.384 e. The summed E-state index contributed by atoms with van der Waals surface area (Å²) in [5.74, 6) is 1.01. The van der Waals surface area contributed by atoms with E-state index in [1.807, 2.05) is 12.1 Å². The molecule has 2 aliphatic heterocycles. The fraction of sp³-hybridized carbons (Fsp3) is 0.588. The van der Waals surface area contributed by atoms with Gasteiger partial charge < -0.3 is 15.4 Å². The molecule has 2 N–H and O–H groups in total. The highest BCUT2D eigenvalue weighted by atomic mass is 16.5. The van der Waals surface area contributed by atoms with Crippen LogP contribution in [0.25, 0.3) is 0 Å². The summed E-state index contributed by atoms with van der Waals surface area (Å²) in [7, 11) is 0. The zero-order chi connectivity index (χ0) is 14.7. The van der Waals surface area contributed by atoms with Crippen molar-refractivity contribution in [1.29, 1.82) is 0 Å². The van der Waals surface area contributed by atoms with Crippen molar-refractivity contribution in [3.8, 4) is 0 Å². The number of anilines is 1. The highest BCUT2D eigenvalue weighted by Crippen LogP contribution is 2.33. The average molecular weight is 288 g/mol. The van der Waals surface area contributed by atoms with Crippen LogP contribution in [0.5, 0.6) is 0 Å². The van der Waals surface area contributed by atoms with E-state index in [2.05, 4.69) is 29.7 Å². The van der Waals surface area contributed by atoms with E-state index in [-0.39, 0.29) is 11.9 Å². The van der Waals surface area contributed by atoms with E-state index in [1.165, 1.54) is 11.3 Å². The monoisotopic (exact) mass is 288 g/mol. The fourth-order valence-corrected chi connectivity index (χ4v) is 3.41. The Morgan fingerprint density at radius 3 is 2.95 bits per heavy atom. The molecule has 2 aliphatic rings. The second kappa shape index (κ2) is 6.48. The van der Waals surface area contributed by atoms with Gasteiger partial charge in [-0.3, -0.25) is 4.79 Å². The van der Waals surface area contributed by atoms with Crippen LogP contribution in [-0.4, -0.2) is 31.7 Å². The van der Waals surface area contributed by atoms with Crippen molar-refractivity contribution in [1.82, 2.24) is 5.32 Å². The number of para-hydroxylation sites is 1. The van der Waals surface area contributed by atoms with Crippen molar-refractivity contribution >= 4 is 11.6 Å². The normalized spacial score (nSPS) is 23.2. The van der Waals surface area contributed by atoms with Gasteiger partial charge in [-0.15, -0.1) is 0 Å². The topological polar surface area (TPSA) is 50.4 Å². The molecule has 1 aromatic carbocycles. The number of carbonyl (C=O) groups is 1. The molecule has 2 heterocycles. The molecule has 0 radical (unpaired) electrons. The molecule has 0 bridgehead atoms. The summed E-state index contributed by atoms with van der Waals surface area (Å²) in [6.45, 7) is 4.63. The number of benzene rings is 1. The maximum atomic E-state index is 12.3. The lowest BCUT2D eigenvalue weighted by molar-refractivity contribution is -0.122. The number of amides is 1. The molecule has 4 nitrogen and oxygen atoms in total. The van der Waals surface area contributed by atoms with Crippen molar-refractivity contribution in [2.24, 2.45) is 5.92 Å². The van der Waals surface area contributed by atoms with Crippen LogP contribution in [0.3, 0.4) is 0 Å². The van der Waals surface area contributed by atoms with Gasteiger partial charge in [0.15, 0.2) is 0 Å². The third kappa shape index (κ3) is 3.38. The van der Waals surface area contributed by atoms with E-state index in [0.717, 1.165) is 32.6 Å². The van der Waals surface area contributed by atoms with Gasteiger partial charge in [-0.05, 0) is 37.3 Å². The van der Waals surface area contributed by atoms with E-state index < -0.39 is 0 Å². The number of nitrogens with one attached hydrogen (secondary N) is 2. The molecule has 0 spiro atoms. The summed E-state index contributed by atoms with van der Waals surface area (Å²) in [5.41, 5.74) is 2.44. The maximum Gasteiger partial charge on any atom is 0.220 e. The molecule has 2 atom stereocenters. The first-order chi connectivity index (χ1) is 10.2. The van der Waals surface area contributed by atoms with Gasteiger partial charge >= 0.3 is 0 Å². The van der Waals surface area contributed by atoms with Crippen molar-refractivity contribution in [3.05, 3.63) is 29.8 Å². The molecule has 0 saturated carbocycles. The van der Waals surface area contributed by atoms with Crippen LogP contribution in [0, 0.1) is 5.92 Å². The van der Waals surface area contributed by atoms with Crippen LogP contribution in [-0.2, 0) is 9.53 Å². The molecule has 0 aromatic heterocycles. The van der Waals surface area contributed by atoms with Crippen LogP contribution in [0.15, 0.2) is 24.3 Å². The van der Waals surface area contributed by atoms with E-state index in [0.29, 0.717) is 18.3 Å². The zero-order valence-corrected chi connectivity index (χ0v) is 12.6. The standard InChI is InChI=1S/C17H24N2O2/c1-12(13-6-8-21-9-7-13)19-17(20)10-14-11-18-16-5-3-2-4-15(14)16/h2-5,12-14,18H,6-11H2,1H3,(H,19,20). The molecule has 21 heavy (non-hydrogen) atoms. The van der Waals surface area contributed by atoms with Crippen LogP contribution in [0.2, 0.25) is 0 Å². The molecule has 114 valence electrons. The van der Waals surface area contributed by atoms with Gasteiger partial charge in [0.05, 0.1) is 0 Å². The van der Waals surface area contributed by atoms with Gasteiger partial charge in [0, 0.05) is 43.8 Å². The SMILES string of the molecule is CC(NC(=O)CC1CNc2ccccc21)C1CCOCC1. The Labute approximate surface area is 126 Å². The van der Waals surface area contributed by atoms with Crippen molar-refractivity contribution in [2.75, 3.05) is 25.1 Å². The lowest BCUT2D eigenvalue weighted by atomic mass is 9.92. The minimum Gasteiger partial charge on any atom is -0.384 e. The van der Waals surface area contributed by atoms with Gasteiger partial charge in [-0.1, -0.05) is 18.2 Å². The van der Waals surface area contributed by atoms with E-state index in [4.69, 9.17) is 4.74 Å². The van der Waals surface area contributed by atoms with Gasteiger partial charge in [-0.2, -0.15) is 0 Å². The van der Waals surface area contributed by atoms with Gasteiger partial charge in [-0.25, -0.2) is 0 Å². The molecule has 0 aliphatic carbocycles. The number of ether oxygens (including phenoxy) is 1. The second-order valence-corrected chi connectivity index (χ2v) is 6.18. The molecule has 1 aromatic rings. The number of rotatable bonds is 4. The molecular weight excluding hydrogens is 264 g/mol. The molecule has 4 heteroatoms. The second-order valence-electron chi connectivity index (χ2n) is 6.18. The summed E-state index contributed by atoms with van der Waals surface area (Å²) >= 11 is 0. The quantitative estimate of drug-likeness (QED) is 0.895.